The molecule has 2 nitrogen and oxygen atoms in total. The van der Waals surface area contributed by atoms with Gasteiger partial charge in [0.05, 0.1) is 0 Å². The SMILES string of the molecule is CC(c1cccc(N)c1)N(C)Cc1cccc(F)c1. The van der Waals surface area contributed by atoms with Gasteiger partial charge in [-0.25, -0.2) is 4.39 Å². The Morgan fingerprint density at radius 3 is 2.58 bits per heavy atom. The van der Waals surface area contributed by atoms with E-state index in [0.29, 0.717) is 6.54 Å². The maximum atomic E-state index is 13.2. The van der Waals surface area contributed by atoms with E-state index in [1.807, 2.05) is 31.3 Å². The van der Waals surface area contributed by atoms with E-state index in [0.717, 1.165) is 11.3 Å². The summed E-state index contributed by atoms with van der Waals surface area (Å²) < 4.78 is 13.2. The summed E-state index contributed by atoms with van der Waals surface area (Å²) in [7, 11) is 2.03. The quantitative estimate of drug-likeness (QED) is 0.849. The molecule has 1 unspecified atom stereocenters. The normalized spacial score (nSPS) is 12.6. The van der Waals surface area contributed by atoms with Crippen molar-refractivity contribution in [3.05, 3.63) is 65.5 Å². The Kier molecular flexibility index (Phi) is 4.17. The van der Waals surface area contributed by atoms with Gasteiger partial charge in [0.1, 0.15) is 5.82 Å². The minimum Gasteiger partial charge on any atom is -0.399 e. The van der Waals surface area contributed by atoms with Crippen molar-refractivity contribution in [1.82, 2.24) is 4.90 Å². The number of anilines is 1. The third-order valence-electron chi connectivity index (χ3n) is 3.38. The fourth-order valence-corrected chi connectivity index (χ4v) is 2.13. The van der Waals surface area contributed by atoms with Crippen molar-refractivity contribution in [2.24, 2.45) is 0 Å². The first-order valence-electron chi connectivity index (χ1n) is 6.36. The second-order valence-corrected chi connectivity index (χ2v) is 4.89. The second-order valence-electron chi connectivity index (χ2n) is 4.89. The Labute approximate surface area is 113 Å². The summed E-state index contributed by atoms with van der Waals surface area (Å²) in [4.78, 5) is 2.17. The van der Waals surface area contributed by atoms with Crippen LogP contribution in [0.5, 0.6) is 0 Å². The first-order chi connectivity index (χ1) is 9.06. The number of hydrogen-bond acceptors (Lipinski definition) is 2. The molecule has 0 saturated carbocycles. The predicted octanol–water partition coefficient (Wildman–Crippen LogP) is 3.60. The minimum absolute atomic E-state index is 0.192. The fraction of sp³-hybridized carbons (Fsp3) is 0.250. The van der Waals surface area contributed by atoms with Crippen LogP contribution in [0.2, 0.25) is 0 Å². The minimum atomic E-state index is -0.192. The van der Waals surface area contributed by atoms with Crippen molar-refractivity contribution in [3.63, 3.8) is 0 Å². The smallest absolute Gasteiger partial charge is 0.123 e. The van der Waals surface area contributed by atoms with Gasteiger partial charge in [-0.15, -0.1) is 0 Å². The topological polar surface area (TPSA) is 29.3 Å². The van der Waals surface area contributed by atoms with Gasteiger partial charge in [0.25, 0.3) is 0 Å². The molecule has 0 heterocycles. The number of rotatable bonds is 4. The van der Waals surface area contributed by atoms with Crippen LogP contribution >= 0.6 is 0 Å². The van der Waals surface area contributed by atoms with E-state index >= 15 is 0 Å². The molecule has 0 bridgehead atoms. The predicted molar refractivity (Wildman–Crippen MR) is 77.1 cm³/mol. The molecule has 19 heavy (non-hydrogen) atoms. The van der Waals surface area contributed by atoms with Crippen molar-refractivity contribution < 1.29 is 4.39 Å². The standard InChI is InChI=1S/C16H19FN2/c1-12(14-6-4-8-16(18)10-14)19(2)11-13-5-3-7-15(17)9-13/h3-10,12H,11,18H2,1-2H3. The molecular weight excluding hydrogens is 239 g/mol. The lowest BCUT2D eigenvalue weighted by molar-refractivity contribution is 0.253. The van der Waals surface area contributed by atoms with Crippen LogP contribution in [0.1, 0.15) is 24.1 Å². The van der Waals surface area contributed by atoms with E-state index in [2.05, 4.69) is 17.9 Å². The molecule has 0 radical (unpaired) electrons. The van der Waals surface area contributed by atoms with Gasteiger partial charge in [-0.05, 0) is 49.4 Å². The molecule has 0 fully saturated rings. The van der Waals surface area contributed by atoms with Crippen LogP contribution in [-0.4, -0.2) is 11.9 Å². The highest BCUT2D eigenvalue weighted by molar-refractivity contribution is 5.41. The van der Waals surface area contributed by atoms with Crippen LogP contribution in [0.4, 0.5) is 10.1 Å². The van der Waals surface area contributed by atoms with E-state index < -0.39 is 0 Å². The average molecular weight is 258 g/mol. The zero-order chi connectivity index (χ0) is 13.8. The first-order valence-corrected chi connectivity index (χ1v) is 6.36. The first kappa shape index (κ1) is 13.6. The molecule has 1 atom stereocenters. The summed E-state index contributed by atoms with van der Waals surface area (Å²) in [5.41, 5.74) is 8.70. The molecule has 0 amide bonds. The zero-order valence-corrected chi connectivity index (χ0v) is 11.3. The number of nitrogen functional groups attached to an aromatic ring is 1. The Bertz CT molecular complexity index is 554. The maximum absolute atomic E-state index is 13.2. The van der Waals surface area contributed by atoms with Gasteiger partial charge in [-0.2, -0.15) is 0 Å². The van der Waals surface area contributed by atoms with Crippen LogP contribution in [0, 0.1) is 5.82 Å². The van der Waals surface area contributed by atoms with Gasteiger partial charge < -0.3 is 5.73 Å². The monoisotopic (exact) mass is 258 g/mol. The number of hydrogen-bond donors (Lipinski definition) is 1. The molecule has 0 saturated heterocycles. The molecule has 0 aliphatic heterocycles. The highest BCUT2D eigenvalue weighted by atomic mass is 19.1. The molecule has 100 valence electrons. The Balaban J connectivity index is 2.09. The van der Waals surface area contributed by atoms with E-state index in [1.54, 1.807) is 12.1 Å². The van der Waals surface area contributed by atoms with Crippen molar-refractivity contribution >= 4 is 5.69 Å². The van der Waals surface area contributed by atoms with Crippen LogP contribution in [0.15, 0.2) is 48.5 Å². The van der Waals surface area contributed by atoms with Gasteiger partial charge in [-0.1, -0.05) is 24.3 Å². The van der Waals surface area contributed by atoms with Crippen molar-refractivity contribution in [1.29, 1.82) is 0 Å². The van der Waals surface area contributed by atoms with Gasteiger partial charge >= 0.3 is 0 Å². The number of benzene rings is 2. The number of nitrogens with zero attached hydrogens (tertiary/aromatic N) is 1. The highest BCUT2D eigenvalue weighted by Gasteiger charge is 2.12. The third-order valence-corrected chi connectivity index (χ3v) is 3.38. The Morgan fingerprint density at radius 2 is 1.89 bits per heavy atom. The van der Waals surface area contributed by atoms with Crippen molar-refractivity contribution in [3.8, 4) is 0 Å². The lowest BCUT2D eigenvalue weighted by atomic mass is 10.1. The van der Waals surface area contributed by atoms with Crippen LogP contribution in [-0.2, 0) is 6.54 Å². The highest BCUT2D eigenvalue weighted by Crippen LogP contribution is 2.22. The molecule has 0 spiro atoms. The van der Waals surface area contributed by atoms with E-state index in [1.165, 1.54) is 11.6 Å². The van der Waals surface area contributed by atoms with Gasteiger partial charge in [-0.3, -0.25) is 4.90 Å². The Morgan fingerprint density at radius 1 is 1.16 bits per heavy atom. The molecule has 2 aromatic carbocycles. The Hall–Kier alpha value is -1.87. The molecule has 2 aromatic rings. The summed E-state index contributed by atoms with van der Waals surface area (Å²) >= 11 is 0. The van der Waals surface area contributed by atoms with Crippen LogP contribution < -0.4 is 5.73 Å². The van der Waals surface area contributed by atoms with Crippen LogP contribution in [0.25, 0.3) is 0 Å². The number of nitrogens with two attached hydrogens (primary N) is 1. The van der Waals surface area contributed by atoms with E-state index in [-0.39, 0.29) is 11.9 Å². The average Bonchev–Trinajstić information content (AvgIpc) is 2.38. The van der Waals surface area contributed by atoms with E-state index in [9.17, 15) is 4.39 Å². The molecule has 2 N–H and O–H groups in total. The number of halogens is 1. The molecular formula is C16H19FN2. The van der Waals surface area contributed by atoms with Gasteiger partial charge in [0, 0.05) is 18.3 Å². The van der Waals surface area contributed by atoms with Crippen LogP contribution in [0.3, 0.4) is 0 Å². The van der Waals surface area contributed by atoms with Crippen molar-refractivity contribution in [2.75, 3.05) is 12.8 Å². The van der Waals surface area contributed by atoms with Gasteiger partial charge in [0.2, 0.25) is 0 Å². The summed E-state index contributed by atoms with van der Waals surface area (Å²) in [6.45, 7) is 2.82. The summed E-state index contributed by atoms with van der Waals surface area (Å²) in [5.74, 6) is -0.192. The second kappa shape index (κ2) is 5.85. The van der Waals surface area contributed by atoms with E-state index in [4.69, 9.17) is 5.73 Å². The summed E-state index contributed by atoms with van der Waals surface area (Å²) in [6, 6.07) is 14.8. The summed E-state index contributed by atoms with van der Waals surface area (Å²) in [6.07, 6.45) is 0. The third kappa shape index (κ3) is 3.55. The van der Waals surface area contributed by atoms with Crippen molar-refractivity contribution in [2.45, 2.75) is 19.5 Å². The maximum Gasteiger partial charge on any atom is 0.123 e. The lowest BCUT2D eigenvalue weighted by Gasteiger charge is -2.25. The molecule has 0 aliphatic carbocycles. The largest absolute Gasteiger partial charge is 0.399 e. The fourth-order valence-electron chi connectivity index (χ4n) is 2.13. The zero-order valence-electron chi connectivity index (χ0n) is 11.3. The molecule has 2 rings (SSSR count). The van der Waals surface area contributed by atoms with Gasteiger partial charge in [0.15, 0.2) is 0 Å². The lowest BCUT2D eigenvalue weighted by Crippen LogP contribution is -2.22. The molecule has 3 heteroatoms. The molecule has 0 aliphatic rings. The summed E-state index contributed by atoms with van der Waals surface area (Å²) in [5, 5.41) is 0. The molecule has 0 aromatic heterocycles.